The summed E-state index contributed by atoms with van der Waals surface area (Å²) < 4.78 is -0.116. The summed E-state index contributed by atoms with van der Waals surface area (Å²) in [4.78, 5) is 21.6. The third kappa shape index (κ3) is 1.07. The number of nitrogens with zero attached hydrogens (tertiary/aromatic N) is 1. The molecule has 5 nitrogen and oxygen atoms in total. The summed E-state index contributed by atoms with van der Waals surface area (Å²) in [5.41, 5.74) is 0. The minimum atomic E-state index is -0.937. The monoisotopic (exact) mass is 159 g/mol. The summed E-state index contributed by atoms with van der Waals surface area (Å²) in [7, 11) is 3.17. The van der Waals surface area contributed by atoms with Crippen LogP contribution in [0, 0.1) is 0 Å². The fourth-order valence-electron chi connectivity index (χ4n) is 1.12. The highest BCUT2D eigenvalue weighted by molar-refractivity contribution is 5.80. The van der Waals surface area contributed by atoms with E-state index in [2.05, 4.69) is 5.32 Å². The molecule has 1 saturated heterocycles. The molecule has 0 aromatic carbocycles. The molecule has 1 aliphatic rings. The van der Waals surface area contributed by atoms with Crippen molar-refractivity contribution >= 4 is 12.0 Å². The number of carbonyl (C=O) groups is 2. The van der Waals surface area contributed by atoms with Crippen LogP contribution in [-0.2, 0) is 4.79 Å². The lowest BCUT2D eigenvalue weighted by Crippen LogP contribution is -2.51. The number of rotatable bonds is 1. The number of hydrogen-bond acceptors (Lipinski definition) is 2. The fraction of sp³-hybridized carbons (Fsp3) is 0.667. The molecule has 11 heavy (non-hydrogen) atoms. The van der Waals surface area contributed by atoms with Gasteiger partial charge < -0.3 is 5.11 Å². The molecular weight excluding hydrogens is 148 g/mol. The van der Waals surface area contributed by atoms with Crippen LogP contribution in [0.5, 0.6) is 0 Å². The van der Waals surface area contributed by atoms with Gasteiger partial charge in [-0.3, -0.25) is 5.32 Å². The number of nitrogens with one attached hydrogen (secondary N) is 1. The summed E-state index contributed by atoms with van der Waals surface area (Å²) in [6.07, 6.45) is 0. The standard InChI is InChI=1S/C6H10N2O3/c1-8(2)4(5(9)10)3-7-6(8)11/h4H,3H2,1-2H3,(H-,7,9,10,11)/p+1. The average molecular weight is 159 g/mol. The van der Waals surface area contributed by atoms with Crippen LogP contribution in [0.15, 0.2) is 0 Å². The molecule has 1 fully saturated rings. The second-order valence-electron chi connectivity index (χ2n) is 3.08. The van der Waals surface area contributed by atoms with Gasteiger partial charge in [-0.05, 0) is 0 Å². The minimum absolute atomic E-state index is 0.116. The van der Waals surface area contributed by atoms with Crippen molar-refractivity contribution in [3.63, 3.8) is 0 Å². The largest absolute Gasteiger partial charge is 0.477 e. The predicted octanol–water partition coefficient (Wildman–Crippen LogP) is -0.761. The van der Waals surface area contributed by atoms with Crippen molar-refractivity contribution in [2.75, 3.05) is 20.6 Å². The van der Waals surface area contributed by atoms with Gasteiger partial charge >= 0.3 is 12.0 Å². The molecule has 0 saturated carbocycles. The second kappa shape index (κ2) is 2.20. The number of carboxylic acids is 1. The lowest BCUT2D eigenvalue weighted by Gasteiger charge is -2.23. The quantitative estimate of drug-likeness (QED) is 0.494. The van der Waals surface area contributed by atoms with Crippen LogP contribution in [0.1, 0.15) is 0 Å². The van der Waals surface area contributed by atoms with E-state index in [0.29, 0.717) is 0 Å². The van der Waals surface area contributed by atoms with Crippen molar-refractivity contribution in [1.82, 2.24) is 5.32 Å². The van der Waals surface area contributed by atoms with Crippen LogP contribution in [0.4, 0.5) is 4.79 Å². The summed E-state index contributed by atoms with van der Waals surface area (Å²) in [5.74, 6) is -0.937. The van der Waals surface area contributed by atoms with Crippen molar-refractivity contribution < 1.29 is 19.2 Å². The topological polar surface area (TPSA) is 66.4 Å². The Morgan fingerprint density at radius 3 is 2.45 bits per heavy atom. The first kappa shape index (κ1) is 8.00. The van der Waals surface area contributed by atoms with Gasteiger partial charge in [0.2, 0.25) is 6.04 Å². The smallest absolute Gasteiger partial charge is 0.417 e. The van der Waals surface area contributed by atoms with Crippen LogP contribution in [0.2, 0.25) is 0 Å². The van der Waals surface area contributed by atoms with E-state index in [4.69, 9.17) is 5.11 Å². The Morgan fingerprint density at radius 2 is 2.27 bits per heavy atom. The van der Waals surface area contributed by atoms with Crippen molar-refractivity contribution in [3.8, 4) is 0 Å². The number of amides is 2. The molecule has 1 unspecified atom stereocenters. The van der Waals surface area contributed by atoms with E-state index in [1.807, 2.05) is 0 Å². The normalized spacial score (nSPS) is 28.2. The molecule has 2 amide bonds. The summed E-state index contributed by atoms with van der Waals surface area (Å²) in [6, 6.07) is -0.889. The Balaban J connectivity index is 2.87. The minimum Gasteiger partial charge on any atom is -0.477 e. The SMILES string of the molecule is C[N+]1(C)C(=O)NCC1C(=O)O. The Hall–Kier alpha value is -1.10. The van der Waals surface area contributed by atoms with Gasteiger partial charge in [-0.15, -0.1) is 0 Å². The molecule has 0 bridgehead atoms. The average Bonchev–Trinajstić information content (AvgIpc) is 2.08. The molecule has 0 radical (unpaired) electrons. The van der Waals surface area contributed by atoms with Gasteiger partial charge in [0.15, 0.2) is 0 Å². The summed E-state index contributed by atoms with van der Waals surface area (Å²) in [5, 5.41) is 11.2. The summed E-state index contributed by atoms with van der Waals surface area (Å²) in [6.45, 7) is 0.223. The molecular formula is C6H11N2O3+. The van der Waals surface area contributed by atoms with E-state index in [0.717, 1.165) is 0 Å². The molecule has 1 aliphatic heterocycles. The van der Waals surface area contributed by atoms with Crippen molar-refractivity contribution in [2.24, 2.45) is 0 Å². The zero-order chi connectivity index (χ0) is 8.65. The van der Waals surface area contributed by atoms with Crippen LogP contribution < -0.4 is 5.32 Å². The second-order valence-corrected chi connectivity index (χ2v) is 3.08. The highest BCUT2D eigenvalue weighted by Gasteiger charge is 2.47. The number of carbonyl (C=O) groups excluding carboxylic acids is 1. The number of aliphatic carboxylic acids is 1. The number of urea groups is 1. The van der Waals surface area contributed by atoms with Crippen molar-refractivity contribution in [1.29, 1.82) is 0 Å². The Labute approximate surface area is 64.2 Å². The molecule has 62 valence electrons. The predicted molar refractivity (Wildman–Crippen MR) is 36.9 cm³/mol. The van der Waals surface area contributed by atoms with E-state index in [1.54, 1.807) is 14.1 Å². The Morgan fingerprint density at radius 1 is 1.73 bits per heavy atom. The molecule has 0 aliphatic carbocycles. The van der Waals surface area contributed by atoms with Crippen molar-refractivity contribution in [2.45, 2.75) is 6.04 Å². The zero-order valence-electron chi connectivity index (χ0n) is 6.50. The highest BCUT2D eigenvalue weighted by atomic mass is 16.4. The van der Waals surface area contributed by atoms with Gasteiger partial charge in [-0.1, -0.05) is 0 Å². The first-order valence-corrected chi connectivity index (χ1v) is 3.31. The molecule has 5 heteroatoms. The zero-order valence-corrected chi connectivity index (χ0v) is 6.50. The lowest BCUT2D eigenvalue weighted by atomic mass is 10.3. The van der Waals surface area contributed by atoms with E-state index < -0.39 is 12.0 Å². The molecule has 0 aromatic rings. The highest BCUT2D eigenvalue weighted by Crippen LogP contribution is 2.12. The van der Waals surface area contributed by atoms with Gasteiger partial charge in [0.1, 0.15) is 0 Å². The molecule has 1 heterocycles. The third-order valence-corrected chi connectivity index (χ3v) is 2.03. The molecule has 1 rings (SSSR count). The van der Waals surface area contributed by atoms with E-state index in [-0.39, 0.29) is 17.1 Å². The third-order valence-electron chi connectivity index (χ3n) is 2.03. The number of carboxylic acid groups (broad SMARTS) is 1. The molecule has 1 atom stereocenters. The maximum Gasteiger partial charge on any atom is 0.417 e. The van der Waals surface area contributed by atoms with E-state index in [9.17, 15) is 9.59 Å². The van der Waals surface area contributed by atoms with Gasteiger partial charge in [0, 0.05) is 0 Å². The van der Waals surface area contributed by atoms with Crippen LogP contribution in [0.25, 0.3) is 0 Å². The lowest BCUT2D eigenvalue weighted by molar-refractivity contribution is -0.815. The maximum atomic E-state index is 11.0. The Kier molecular flexibility index (Phi) is 1.60. The van der Waals surface area contributed by atoms with Crippen LogP contribution in [-0.4, -0.2) is 48.3 Å². The molecule has 0 spiro atoms. The van der Waals surface area contributed by atoms with Crippen molar-refractivity contribution in [3.05, 3.63) is 0 Å². The van der Waals surface area contributed by atoms with Gasteiger partial charge in [0.05, 0.1) is 20.6 Å². The first-order chi connectivity index (χ1) is 4.96. The maximum absolute atomic E-state index is 11.0. The number of likely N-dealkylation sites (N-methyl/N-ethyl adjacent to an activating group) is 1. The molecule has 2 N–H and O–H groups in total. The van der Waals surface area contributed by atoms with Gasteiger partial charge in [-0.25, -0.2) is 14.1 Å². The Bertz CT molecular complexity index is 212. The van der Waals surface area contributed by atoms with Gasteiger partial charge in [0.25, 0.3) is 0 Å². The molecule has 0 aromatic heterocycles. The fourth-order valence-corrected chi connectivity index (χ4v) is 1.12. The van der Waals surface area contributed by atoms with Crippen LogP contribution >= 0.6 is 0 Å². The number of quaternary nitrogens is 1. The number of hydrogen-bond donors (Lipinski definition) is 2. The summed E-state index contributed by atoms with van der Waals surface area (Å²) >= 11 is 0. The van der Waals surface area contributed by atoms with Gasteiger partial charge in [-0.2, -0.15) is 0 Å². The first-order valence-electron chi connectivity index (χ1n) is 3.31. The van der Waals surface area contributed by atoms with Crippen LogP contribution in [0.3, 0.4) is 0 Å². The van der Waals surface area contributed by atoms with E-state index in [1.165, 1.54) is 0 Å². The van der Waals surface area contributed by atoms with E-state index >= 15 is 0 Å².